The minimum absolute atomic E-state index is 0.000880. The lowest BCUT2D eigenvalue weighted by atomic mass is 10.2. The van der Waals surface area contributed by atoms with Gasteiger partial charge in [-0.3, -0.25) is 4.79 Å². The summed E-state index contributed by atoms with van der Waals surface area (Å²) in [6.07, 6.45) is 0. The molecule has 0 aliphatic carbocycles. The summed E-state index contributed by atoms with van der Waals surface area (Å²) in [7, 11) is 0. The van der Waals surface area contributed by atoms with Gasteiger partial charge in [-0.05, 0) is 71.0 Å². The van der Waals surface area contributed by atoms with E-state index in [0.29, 0.717) is 23.3 Å². The molecule has 3 heterocycles. The first kappa shape index (κ1) is 22.7. The molecule has 172 valence electrons. The Labute approximate surface area is 196 Å². The zero-order valence-corrected chi connectivity index (χ0v) is 20.2. The number of benzene rings is 1. The Morgan fingerprint density at radius 1 is 1.06 bits per heavy atom. The number of carbonyl (C=O) groups excluding carboxylic acids is 1. The highest BCUT2D eigenvalue weighted by Gasteiger charge is 2.20. The smallest absolute Gasteiger partial charge is 0.271 e. The minimum Gasteiger partial charge on any atom is -0.494 e. The zero-order chi connectivity index (χ0) is 23.7. The van der Waals surface area contributed by atoms with E-state index in [4.69, 9.17) is 10.6 Å². The van der Waals surface area contributed by atoms with Gasteiger partial charge in [-0.1, -0.05) is 11.8 Å². The Balaban J connectivity index is 1.51. The summed E-state index contributed by atoms with van der Waals surface area (Å²) in [5.41, 5.74) is 5.30. The van der Waals surface area contributed by atoms with Crippen molar-refractivity contribution in [3.05, 3.63) is 64.7 Å². The number of aromatic nitrogens is 6. The Bertz CT molecular complexity index is 1300. The van der Waals surface area contributed by atoms with Crippen LogP contribution in [-0.4, -0.2) is 47.4 Å². The van der Waals surface area contributed by atoms with Gasteiger partial charge in [0.05, 0.1) is 18.1 Å². The number of nitrogens with two attached hydrogens (primary N) is 1. The second kappa shape index (κ2) is 9.14. The summed E-state index contributed by atoms with van der Waals surface area (Å²) in [5.74, 6) is 7.61. The van der Waals surface area contributed by atoms with Crippen LogP contribution in [0.1, 0.15) is 40.1 Å². The normalized spacial score (nSPS) is 11.2. The molecule has 4 aromatic rings. The van der Waals surface area contributed by atoms with E-state index >= 15 is 0 Å². The predicted molar refractivity (Wildman–Crippen MR) is 128 cm³/mol. The molecule has 0 spiro atoms. The van der Waals surface area contributed by atoms with Crippen molar-refractivity contribution in [3.63, 3.8) is 0 Å². The topological polar surface area (TPSA) is 106 Å². The summed E-state index contributed by atoms with van der Waals surface area (Å²) in [6, 6.07) is 11.7. The van der Waals surface area contributed by atoms with Crippen molar-refractivity contribution in [1.29, 1.82) is 0 Å². The van der Waals surface area contributed by atoms with Crippen molar-refractivity contribution in [3.8, 4) is 17.4 Å². The van der Waals surface area contributed by atoms with Gasteiger partial charge in [0.2, 0.25) is 5.16 Å². The number of hydrogen-bond donors (Lipinski definition) is 1. The quantitative estimate of drug-likeness (QED) is 0.241. The molecular weight excluding hydrogens is 438 g/mol. The lowest BCUT2D eigenvalue weighted by molar-refractivity contribution is 0.102. The lowest BCUT2D eigenvalue weighted by Crippen LogP contribution is -2.17. The number of Topliss-reactive ketones (excluding diaryl/α,β-unsaturated/α-hetero) is 1. The van der Waals surface area contributed by atoms with Gasteiger partial charge in [-0.25, -0.2) is 9.36 Å². The highest BCUT2D eigenvalue weighted by molar-refractivity contribution is 7.99. The van der Waals surface area contributed by atoms with Crippen LogP contribution >= 0.6 is 11.8 Å². The maximum Gasteiger partial charge on any atom is 0.271 e. The van der Waals surface area contributed by atoms with E-state index in [9.17, 15) is 4.79 Å². The molecule has 0 bridgehead atoms. The van der Waals surface area contributed by atoms with Crippen molar-refractivity contribution in [1.82, 2.24) is 29.2 Å². The van der Waals surface area contributed by atoms with Crippen LogP contribution in [0.3, 0.4) is 0 Å². The summed E-state index contributed by atoms with van der Waals surface area (Å²) in [5, 5.41) is 13.1. The Morgan fingerprint density at radius 3 is 2.42 bits per heavy atom. The molecule has 0 saturated heterocycles. The Hall–Kier alpha value is -3.53. The molecule has 2 N–H and O–H groups in total. The number of nitrogen functional groups attached to an aromatic ring is 1. The van der Waals surface area contributed by atoms with Crippen LogP contribution < -0.4 is 10.6 Å². The molecule has 0 radical (unpaired) electrons. The molecule has 4 rings (SSSR count). The van der Waals surface area contributed by atoms with Gasteiger partial charge in [0.1, 0.15) is 5.75 Å². The summed E-state index contributed by atoms with van der Waals surface area (Å²) in [6.45, 7) is 10.3. The van der Waals surface area contributed by atoms with Crippen molar-refractivity contribution >= 4 is 17.5 Å². The van der Waals surface area contributed by atoms with E-state index in [2.05, 4.69) is 19.9 Å². The molecule has 33 heavy (non-hydrogen) atoms. The Morgan fingerprint density at radius 2 is 1.79 bits per heavy atom. The average Bonchev–Trinajstić information content (AvgIpc) is 3.41. The number of thioether (sulfide) groups is 1. The molecule has 0 amide bonds. The number of nitrogens with zero attached hydrogens (tertiary/aromatic N) is 6. The molecular formula is C23H27N7O2S. The van der Waals surface area contributed by atoms with Crippen LogP contribution in [0, 0.1) is 27.7 Å². The van der Waals surface area contributed by atoms with Crippen LogP contribution in [0.4, 0.5) is 0 Å². The third-order valence-electron chi connectivity index (χ3n) is 5.32. The second-order valence-electron chi connectivity index (χ2n) is 7.75. The van der Waals surface area contributed by atoms with E-state index < -0.39 is 0 Å². The molecule has 0 fully saturated rings. The van der Waals surface area contributed by atoms with Crippen LogP contribution in [0.2, 0.25) is 0 Å². The molecule has 0 aliphatic rings. The summed E-state index contributed by atoms with van der Waals surface area (Å²) in [4.78, 5) is 13.1. The molecule has 0 atom stereocenters. The van der Waals surface area contributed by atoms with E-state index in [1.54, 1.807) is 4.68 Å². The fourth-order valence-electron chi connectivity index (χ4n) is 3.85. The van der Waals surface area contributed by atoms with E-state index in [0.717, 1.165) is 34.2 Å². The molecule has 9 nitrogen and oxygen atoms in total. The summed E-state index contributed by atoms with van der Waals surface area (Å²) < 4.78 is 10.6. The SMILES string of the molecule is CCOc1ccc(-n2c(C)cc(C(=O)CSc3nnc(-n4nc(C)cc4C)n3N)c2C)cc1. The fraction of sp³-hybridized carbons (Fsp3) is 0.304. The molecule has 10 heteroatoms. The third-order valence-corrected chi connectivity index (χ3v) is 6.26. The monoisotopic (exact) mass is 465 g/mol. The van der Waals surface area contributed by atoms with Gasteiger partial charge < -0.3 is 15.1 Å². The van der Waals surface area contributed by atoms with Gasteiger partial charge in [-0.15, -0.1) is 10.2 Å². The van der Waals surface area contributed by atoms with Crippen molar-refractivity contribution < 1.29 is 9.53 Å². The number of hydrogen-bond acceptors (Lipinski definition) is 7. The molecule has 0 aliphatic heterocycles. The second-order valence-corrected chi connectivity index (χ2v) is 8.69. The minimum atomic E-state index is 0.000880. The number of ketones is 1. The third kappa shape index (κ3) is 4.38. The van der Waals surface area contributed by atoms with Gasteiger partial charge in [-0.2, -0.15) is 5.10 Å². The lowest BCUT2D eigenvalue weighted by Gasteiger charge is -2.11. The standard InChI is InChI=1S/C23H27N7O2S/c1-6-32-19-9-7-18(8-10-19)28-15(3)12-20(17(28)5)21(31)13-33-23-26-25-22(29(23)24)30-16(4)11-14(2)27-30/h7-12H,6,13,24H2,1-5H3. The van der Waals surface area contributed by atoms with Crippen LogP contribution in [0.15, 0.2) is 41.6 Å². The number of carbonyl (C=O) groups is 1. The maximum absolute atomic E-state index is 13.1. The van der Waals surface area contributed by atoms with Crippen LogP contribution in [0.25, 0.3) is 11.6 Å². The Kier molecular flexibility index (Phi) is 6.28. The fourth-order valence-corrected chi connectivity index (χ4v) is 4.59. The molecule has 3 aromatic heterocycles. The highest BCUT2D eigenvalue weighted by Crippen LogP contribution is 2.25. The van der Waals surface area contributed by atoms with Crippen LogP contribution in [0.5, 0.6) is 5.75 Å². The van der Waals surface area contributed by atoms with Gasteiger partial charge in [0.25, 0.3) is 5.95 Å². The largest absolute Gasteiger partial charge is 0.494 e. The number of aryl methyl sites for hydroxylation is 3. The van der Waals surface area contributed by atoms with E-state index in [1.165, 1.54) is 16.4 Å². The first-order chi connectivity index (χ1) is 15.8. The maximum atomic E-state index is 13.1. The van der Waals surface area contributed by atoms with Crippen molar-refractivity contribution in [2.24, 2.45) is 0 Å². The van der Waals surface area contributed by atoms with E-state index in [-0.39, 0.29) is 11.5 Å². The molecule has 1 aromatic carbocycles. The van der Waals surface area contributed by atoms with E-state index in [1.807, 2.05) is 71.0 Å². The van der Waals surface area contributed by atoms with Gasteiger partial charge in [0.15, 0.2) is 5.78 Å². The van der Waals surface area contributed by atoms with Gasteiger partial charge in [0, 0.05) is 28.3 Å². The van der Waals surface area contributed by atoms with Crippen molar-refractivity contribution in [2.45, 2.75) is 39.8 Å². The molecule has 0 unspecified atom stereocenters. The highest BCUT2D eigenvalue weighted by atomic mass is 32.2. The van der Waals surface area contributed by atoms with Crippen LogP contribution in [-0.2, 0) is 0 Å². The summed E-state index contributed by atoms with van der Waals surface area (Å²) >= 11 is 1.25. The first-order valence-corrected chi connectivity index (χ1v) is 11.6. The first-order valence-electron chi connectivity index (χ1n) is 10.6. The number of ether oxygens (including phenoxy) is 1. The molecule has 0 saturated carbocycles. The number of rotatable bonds is 8. The van der Waals surface area contributed by atoms with Gasteiger partial charge >= 0.3 is 0 Å². The predicted octanol–water partition coefficient (Wildman–Crippen LogP) is 3.58. The van der Waals surface area contributed by atoms with Crippen molar-refractivity contribution in [2.75, 3.05) is 18.2 Å². The zero-order valence-electron chi connectivity index (χ0n) is 19.4. The average molecular weight is 466 g/mol.